The molecule has 0 unspecified atom stereocenters. The molecule has 1 aromatic carbocycles. The van der Waals surface area contributed by atoms with Crippen LogP contribution in [0.25, 0.3) is 0 Å². The maximum Gasteiger partial charge on any atom is 0.252 e. The number of halogens is 1. The highest BCUT2D eigenvalue weighted by Crippen LogP contribution is 2.32. The van der Waals surface area contributed by atoms with Crippen LogP contribution in [0.2, 0.25) is 0 Å². The van der Waals surface area contributed by atoms with E-state index in [9.17, 15) is 9.18 Å². The Bertz CT molecular complexity index is 647. The normalized spacial score (nSPS) is 21.7. The highest BCUT2D eigenvalue weighted by Gasteiger charge is 2.49. The summed E-state index contributed by atoms with van der Waals surface area (Å²) in [6.45, 7) is 5.28. The summed E-state index contributed by atoms with van der Waals surface area (Å²) in [7, 11) is 0. The first-order valence-electron chi connectivity index (χ1n) is 8.63. The van der Waals surface area contributed by atoms with Gasteiger partial charge in [0.25, 0.3) is 5.91 Å². The second-order valence-electron chi connectivity index (χ2n) is 5.99. The number of nitrogens with zero attached hydrogens (tertiary/aromatic N) is 1. The lowest BCUT2D eigenvalue weighted by Crippen LogP contribution is -2.51. The monoisotopic (exact) mass is 364 g/mol. The van der Waals surface area contributed by atoms with E-state index in [-0.39, 0.29) is 25.5 Å². The molecule has 2 atom stereocenters. The Balaban J connectivity index is 2.19. The van der Waals surface area contributed by atoms with Crippen molar-refractivity contribution in [3.63, 3.8) is 0 Å². The van der Waals surface area contributed by atoms with Crippen molar-refractivity contribution in [3.05, 3.63) is 42.5 Å². The van der Waals surface area contributed by atoms with Crippen molar-refractivity contribution in [2.75, 3.05) is 26.4 Å². The van der Waals surface area contributed by atoms with Crippen molar-refractivity contribution >= 4 is 11.8 Å². The van der Waals surface area contributed by atoms with Gasteiger partial charge in [-0.25, -0.2) is 9.38 Å². The van der Waals surface area contributed by atoms with Crippen LogP contribution in [-0.2, 0) is 9.53 Å². The van der Waals surface area contributed by atoms with Crippen molar-refractivity contribution < 1.29 is 23.8 Å². The highest BCUT2D eigenvalue weighted by molar-refractivity contribution is 6.00. The average Bonchev–Trinajstić information content (AvgIpc) is 2.98. The minimum absolute atomic E-state index is 0.0603. The molecule has 1 heterocycles. The zero-order valence-corrected chi connectivity index (χ0v) is 14.9. The number of nitrogens with one attached hydrogen (secondary N) is 1. The molecule has 1 aliphatic rings. The number of carbonyl (C=O) groups excluding carboxylic acids is 1. The molecule has 7 heteroatoms. The van der Waals surface area contributed by atoms with Crippen LogP contribution in [0, 0.1) is 0 Å². The molecule has 0 aromatic heterocycles. The fraction of sp³-hybridized carbons (Fsp3) is 0.474. The van der Waals surface area contributed by atoms with E-state index in [4.69, 9.17) is 14.6 Å². The second kappa shape index (κ2) is 9.33. The van der Waals surface area contributed by atoms with E-state index in [0.717, 1.165) is 5.56 Å². The summed E-state index contributed by atoms with van der Waals surface area (Å²) in [6, 6.07) is 7.15. The van der Waals surface area contributed by atoms with Crippen molar-refractivity contribution in [3.8, 4) is 5.75 Å². The van der Waals surface area contributed by atoms with Gasteiger partial charge in [-0.05, 0) is 31.2 Å². The number of aliphatic hydroxyl groups excluding tert-OH is 1. The molecule has 1 amide bonds. The van der Waals surface area contributed by atoms with Gasteiger partial charge in [0.2, 0.25) is 5.90 Å². The molecule has 2 rings (SSSR count). The molecule has 0 fully saturated rings. The third-order valence-corrected chi connectivity index (χ3v) is 4.16. The quantitative estimate of drug-likeness (QED) is 0.492. The minimum Gasteiger partial charge on any atom is -0.494 e. The summed E-state index contributed by atoms with van der Waals surface area (Å²) in [5, 5.41) is 11.3. The van der Waals surface area contributed by atoms with Gasteiger partial charge in [-0.1, -0.05) is 6.08 Å². The SMILES string of the molecule is C=CC[C@@]1(C(=O)NCCF)N=C(c2ccc(OCCCO)cc2)O[C@@H]1C. The van der Waals surface area contributed by atoms with Gasteiger partial charge in [0, 0.05) is 31.6 Å². The van der Waals surface area contributed by atoms with Crippen LogP contribution in [0.4, 0.5) is 4.39 Å². The molecular weight excluding hydrogens is 339 g/mol. The number of hydrogen-bond acceptors (Lipinski definition) is 5. The van der Waals surface area contributed by atoms with Crippen LogP contribution in [0.1, 0.15) is 25.3 Å². The van der Waals surface area contributed by atoms with E-state index in [1.807, 2.05) is 0 Å². The summed E-state index contributed by atoms with van der Waals surface area (Å²) < 4.78 is 23.7. The highest BCUT2D eigenvalue weighted by atomic mass is 19.1. The first-order valence-corrected chi connectivity index (χ1v) is 8.63. The van der Waals surface area contributed by atoms with Gasteiger partial charge >= 0.3 is 0 Å². The van der Waals surface area contributed by atoms with Crippen LogP contribution in [0.3, 0.4) is 0 Å². The van der Waals surface area contributed by atoms with E-state index in [1.54, 1.807) is 37.3 Å². The first kappa shape index (κ1) is 19.9. The Morgan fingerprint density at radius 3 is 2.85 bits per heavy atom. The standard InChI is InChI=1S/C19H25FN2O4/c1-3-9-19(18(24)21-11-10-20)14(2)26-17(22-19)15-5-7-16(8-6-15)25-13-4-12-23/h3,5-8,14,23H,1,4,9-13H2,2H3,(H,21,24)/t14-,19-/m1/s1. The summed E-state index contributed by atoms with van der Waals surface area (Å²) >= 11 is 0. The van der Waals surface area contributed by atoms with Crippen LogP contribution >= 0.6 is 0 Å². The van der Waals surface area contributed by atoms with E-state index in [1.165, 1.54) is 0 Å². The summed E-state index contributed by atoms with van der Waals surface area (Å²) in [4.78, 5) is 17.1. The minimum atomic E-state index is -1.15. The molecule has 142 valence electrons. The molecule has 0 saturated carbocycles. The number of aliphatic hydroxyl groups is 1. The van der Waals surface area contributed by atoms with Gasteiger partial charge in [-0.2, -0.15) is 0 Å². The van der Waals surface area contributed by atoms with Gasteiger partial charge in [0.15, 0.2) is 5.54 Å². The summed E-state index contributed by atoms with van der Waals surface area (Å²) in [5.41, 5.74) is -0.432. The largest absolute Gasteiger partial charge is 0.494 e. The lowest BCUT2D eigenvalue weighted by Gasteiger charge is -2.26. The number of ether oxygens (including phenoxy) is 2. The lowest BCUT2D eigenvalue weighted by molar-refractivity contribution is -0.128. The van der Waals surface area contributed by atoms with Crippen LogP contribution in [-0.4, -0.2) is 55.0 Å². The zero-order valence-electron chi connectivity index (χ0n) is 14.9. The maximum absolute atomic E-state index is 12.6. The smallest absolute Gasteiger partial charge is 0.252 e. The predicted octanol–water partition coefficient (Wildman–Crippen LogP) is 2.01. The zero-order chi connectivity index (χ0) is 19.0. The van der Waals surface area contributed by atoms with Crippen LogP contribution in [0.5, 0.6) is 5.75 Å². The fourth-order valence-electron chi connectivity index (χ4n) is 2.72. The number of alkyl halides is 1. The number of amides is 1. The van der Waals surface area contributed by atoms with Crippen LogP contribution < -0.4 is 10.1 Å². The van der Waals surface area contributed by atoms with Crippen LogP contribution in [0.15, 0.2) is 41.9 Å². The van der Waals surface area contributed by atoms with Crippen molar-refractivity contribution in [2.24, 2.45) is 4.99 Å². The fourth-order valence-corrected chi connectivity index (χ4v) is 2.72. The molecule has 1 aromatic rings. The van der Waals surface area contributed by atoms with Gasteiger partial charge in [-0.3, -0.25) is 4.79 Å². The third-order valence-electron chi connectivity index (χ3n) is 4.16. The molecule has 6 nitrogen and oxygen atoms in total. The number of rotatable bonds is 10. The Morgan fingerprint density at radius 1 is 1.50 bits per heavy atom. The Hall–Kier alpha value is -2.41. The van der Waals surface area contributed by atoms with E-state index >= 15 is 0 Å². The maximum atomic E-state index is 12.6. The number of carbonyl (C=O) groups is 1. The molecule has 2 N–H and O–H groups in total. The van der Waals surface area contributed by atoms with Crippen molar-refractivity contribution in [1.29, 1.82) is 0 Å². The van der Waals surface area contributed by atoms with E-state index in [2.05, 4.69) is 16.9 Å². The lowest BCUT2D eigenvalue weighted by atomic mass is 9.89. The molecule has 0 spiro atoms. The van der Waals surface area contributed by atoms with Gasteiger partial charge in [0.05, 0.1) is 6.61 Å². The molecule has 0 aliphatic carbocycles. The van der Waals surface area contributed by atoms with Gasteiger partial charge in [0.1, 0.15) is 18.5 Å². The summed E-state index contributed by atoms with van der Waals surface area (Å²) in [6.07, 6.45) is 1.96. The van der Waals surface area contributed by atoms with Crippen molar-refractivity contribution in [2.45, 2.75) is 31.4 Å². The number of aliphatic imine (C=N–C) groups is 1. The Kier molecular flexibility index (Phi) is 7.15. The van der Waals surface area contributed by atoms with Gasteiger partial charge < -0.3 is 19.9 Å². The summed E-state index contributed by atoms with van der Waals surface area (Å²) in [5.74, 6) is 0.657. The number of benzene rings is 1. The first-order chi connectivity index (χ1) is 12.6. The predicted molar refractivity (Wildman–Crippen MR) is 97.3 cm³/mol. The molecule has 26 heavy (non-hydrogen) atoms. The number of hydrogen-bond donors (Lipinski definition) is 2. The third kappa shape index (κ3) is 4.40. The van der Waals surface area contributed by atoms with Gasteiger partial charge in [-0.15, -0.1) is 6.58 Å². The van der Waals surface area contributed by atoms with E-state index < -0.39 is 18.3 Å². The molecular formula is C19H25FN2O4. The Morgan fingerprint density at radius 2 is 2.23 bits per heavy atom. The Labute approximate surface area is 152 Å². The van der Waals surface area contributed by atoms with E-state index in [0.29, 0.717) is 24.7 Å². The second-order valence-corrected chi connectivity index (χ2v) is 5.99. The topological polar surface area (TPSA) is 80.2 Å². The molecule has 0 bridgehead atoms. The molecule has 0 radical (unpaired) electrons. The van der Waals surface area contributed by atoms with Crippen molar-refractivity contribution in [1.82, 2.24) is 5.32 Å². The molecule has 1 aliphatic heterocycles. The molecule has 0 saturated heterocycles. The average molecular weight is 364 g/mol.